The summed E-state index contributed by atoms with van der Waals surface area (Å²) in [6, 6.07) is 13.2. The van der Waals surface area contributed by atoms with Crippen molar-refractivity contribution in [2.75, 3.05) is 38.7 Å². The molecule has 0 radical (unpaired) electrons. The summed E-state index contributed by atoms with van der Waals surface area (Å²) in [6.45, 7) is 1.15. The van der Waals surface area contributed by atoms with E-state index in [9.17, 15) is 17.6 Å². The molecule has 168 valence electrons. The Bertz CT molecular complexity index is 1230. The molecule has 8 nitrogen and oxygen atoms in total. The van der Waals surface area contributed by atoms with E-state index < -0.39 is 21.7 Å². The molecule has 0 unspecified atom stereocenters. The third-order valence-corrected chi connectivity index (χ3v) is 6.89. The summed E-state index contributed by atoms with van der Waals surface area (Å²) in [6.07, 6.45) is 0. The number of rotatable bonds is 6. The van der Waals surface area contributed by atoms with Gasteiger partial charge in [0.15, 0.2) is 5.76 Å². The molecular formula is C22H21FN2O6S. The van der Waals surface area contributed by atoms with Crippen LogP contribution in [0.1, 0.15) is 10.6 Å². The zero-order valence-electron chi connectivity index (χ0n) is 17.2. The lowest BCUT2D eigenvalue weighted by molar-refractivity contribution is 0.0730. The predicted molar refractivity (Wildman–Crippen MR) is 115 cm³/mol. The molecule has 1 aliphatic rings. The highest BCUT2D eigenvalue weighted by Crippen LogP contribution is 2.30. The standard InChI is InChI=1S/C22H21FN2O6S/c1-29-20-7-6-15(32(27,28)25-10-12-30-13-11-25)14-18(20)24-22(26)21-9-8-19(31-21)16-4-2-3-5-17(16)23/h2-9,14H,10-13H2,1H3,(H,24,26). The van der Waals surface area contributed by atoms with E-state index in [1.54, 1.807) is 18.2 Å². The fourth-order valence-corrected chi connectivity index (χ4v) is 4.77. The molecule has 1 aromatic heterocycles. The van der Waals surface area contributed by atoms with Gasteiger partial charge < -0.3 is 19.2 Å². The number of halogens is 1. The van der Waals surface area contributed by atoms with Gasteiger partial charge in [-0.3, -0.25) is 4.79 Å². The third-order valence-electron chi connectivity index (χ3n) is 5.00. The zero-order valence-corrected chi connectivity index (χ0v) is 18.0. The van der Waals surface area contributed by atoms with Gasteiger partial charge in [-0.2, -0.15) is 4.31 Å². The number of methoxy groups -OCH3 is 1. The van der Waals surface area contributed by atoms with Gasteiger partial charge in [0.2, 0.25) is 10.0 Å². The Labute approximate surface area is 184 Å². The Kier molecular flexibility index (Phi) is 6.26. The summed E-state index contributed by atoms with van der Waals surface area (Å²) >= 11 is 0. The maximum Gasteiger partial charge on any atom is 0.291 e. The lowest BCUT2D eigenvalue weighted by Gasteiger charge is -2.26. The first-order valence-electron chi connectivity index (χ1n) is 9.82. The van der Waals surface area contributed by atoms with E-state index in [2.05, 4.69) is 5.32 Å². The van der Waals surface area contributed by atoms with Crippen LogP contribution in [0.25, 0.3) is 11.3 Å². The van der Waals surface area contributed by atoms with Gasteiger partial charge in [-0.05, 0) is 42.5 Å². The molecule has 1 saturated heterocycles. The van der Waals surface area contributed by atoms with E-state index in [0.29, 0.717) is 13.2 Å². The molecule has 2 heterocycles. The number of nitrogens with one attached hydrogen (secondary N) is 1. The first-order valence-corrected chi connectivity index (χ1v) is 11.3. The summed E-state index contributed by atoms with van der Waals surface area (Å²) < 4.78 is 57.2. The van der Waals surface area contributed by atoms with Gasteiger partial charge in [-0.1, -0.05) is 12.1 Å². The van der Waals surface area contributed by atoms with Gasteiger partial charge in [0.05, 0.1) is 36.5 Å². The van der Waals surface area contributed by atoms with Crippen LogP contribution in [-0.4, -0.2) is 52.0 Å². The van der Waals surface area contributed by atoms with Crippen molar-refractivity contribution in [2.24, 2.45) is 0 Å². The van der Waals surface area contributed by atoms with E-state index in [1.807, 2.05) is 0 Å². The number of hydrogen-bond donors (Lipinski definition) is 1. The molecule has 1 N–H and O–H groups in total. The van der Waals surface area contributed by atoms with E-state index in [4.69, 9.17) is 13.9 Å². The summed E-state index contributed by atoms with van der Waals surface area (Å²) in [7, 11) is -2.36. The van der Waals surface area contributed by atoms with Crippen molar-refractivity contribution in [1.29, 1.82) is 0 Å². The molecule has 2 aromatic carbocycles. The van der Waals surface area contributed by atoms with Crippen molar-refractivity contribution in [2.45, 2.75) is 4.90 Å². The average Bonchev–Trinajstić information content (AvgIpc) is 3.30. The van der Waals surface area contributed by atoms with Crippen LogP contribution in [0.5, 0.6) is 5.75 Å². The second kappa shape index (κ2) is 9.11. The highest BCUT2D eigenvalue weighted by Gasteiger charge is 2.27. The van der Waals surface area contributed by atoms with Crippen molar-refractivity contribution in [3.63, 3.8) is 0 Å². The number of nitrogens with zero attached hydrogens (tertiary/aromatic N) is 1. The fraction of sp³-hybridized carbons (Fsp3) is 0.227. The normalized spacial score (nSPS) is 14.8. The van der Waals surface area contributed by atoms with Crippen molar-refractivity contribution < 1.29 is 31.5 Å². The van der Waals surface area contributed by atoms with Crippen LogP contribution in [0.15, 0.2) is 63.9 Å². The molecule has 0 aliphatic carbocycles. The number of sulfonamides is 1. The molecule has 1 aliphatic heterocycles. The molecule has 32 heavy (non-hydrogen) atoms. The van der Waals surface area contributed by atoms with Crippen LogP contribution in [0, 0.1) is 5.82 Å². The quantitative estimate of drug-likeness (QED) is 0.606. The van der Waals surface area contributed by atoms with Gasteiger partial charge in [-0.15, -0.1) is 0 Å². The lowest BCUT2D eigenvalue weighted by atomic mass is 10.1. The number of carbonyl (C=O) groups is 1. The average molecular weight is 460 g/mol. The SMILES string of the molecule is COc1ccc(S(=O)(=O)N2CCOCC2)cc1NC(=O)c1ccc(-c2ccccc2F)o1. The molecule has 0 spiro atoms. The number of furan rings is 1. The highest BCUT2D eigenvalue weighted by atomic mass is 32.2. The summed E-state index contributed by atoms with van der Waals surface area (Å²) in [4.78, 5) is 12.8. The maximum absolute atomic E-state index is 14.0. The number of benzene rings is 2. The van der Waals surface area contributed by atoms with Crippen LogP contribution >= 0.6 is 0 Å². The Morgan fingerprint density at radius 3 is 2.56 bits per heavy atom. The topological polar surface area (TPSA) is 98.1 Å². The second-order valence-corrected chi connectivity index (χ2v) is 8.91. The number of morpholine rings is 1. The third kappa shape index (κ3) is 4.38. The predicted octanol–water partition coefficient (Wildman–Crippen LogP) is 3.37. The van der Waals surface area contributed by atoms with Crippen LogP contribution < -0.4 is 10.1 Å². The van der Waals surface area contributed by atoms with Crippen LogP contribution in [-0.2, 0) is 14.8 Å². The summed E-state index contributed by atoms with van der Waals surface area (Å²) in [5.74, 6) is -0.695. The van der Waals surface area contributed by atoms with Gasteiger partial charge in [0.1, 0.15) is 17.3 Å². The number of hydrogen-bond acceptors (Lipinski definition) is 6. The molecule has 4 rings (SSSR count). The number of ether oxygens (including phenoxy) is 2. The second-order valence-electron chi connectivity index (χ2n) is 6.98. The van der Waals surface area contributed by atoms with Crippen molar-refractivity contribution in [1.82, 2.24) is 4.31 Å². The Hall–Kier alpha value is -3.21. The number of carbonyl (C=O) groups excluding carboxylic acids is 1. The van der Waals surface area contributed by atoms with Crippen molar-refractivity contribution in [3.8, 4) is 17.1 Å². The fourth-order valence-electron chi connectivity index (χ4n) is 3.33. The molecular weight excluding hydrogens is 439 g/mol. The molecule has 1 amide bonds. The van der Waals surface area contributed by atoms with Gasteiger partial charge in [-0.25, -0.2) is 12.8 Å². The minimum atomic E-state index is -3.77. The monoisotopic (exact) mass is 460 g/mol. The molecule has 0 saturated carbocycles. The van der Waals surface area contributed by atoms with Gasteiger partial charge in [0.25, 0.3) is 5.91 Å². The number of amides is 1. The molecule has 0 bridgehead atoms. The molecule has 10 heteroatoms. The summed E-state index contributed by atoms with van der Waals surface area (Å²) in [5, 5.41) is 2.61. The smallest absolute Gasteiger partial charge is 0.291 e. The molecule has 0 atom stereocenters. The minimum absolute atomic E-state index is 0.0157. The Morgan fingerprint density at radius 2 is 1.84 bits per heavy atom. The van der Waals surface area contributed by atoms with Gasteiger partial charge in [0, 0.05) is 13.1 Å². The Balaban J connectivity index is 1.59. The van der Waals surface area contributed by atoms with E-state index in [-0.39, 0.29) is 46.5 Å². The molecule has 1 fully saturated rings. The lowest BCUT2D eigenvalue weighted by Crippen LogP contribution is -2.40. The largest absolute Gasteiger partial charge is 0.495 e. The van der Waals surface area contributed by atoms with E-state index >= 15 is 0 Å². The Morgan fingerprint density at radius 1 is 1.09 bits per heavy atom. The highest BCUT2D eigenvalue weighted by molar-refractivity contribution is 7.89. The minimum Gasteiger partial charge on any atom is -0.495 e. The van der Waals surface area contributed by atoms with E-state index in [0.717, 1.165) is 0 Å². The van der Waals surface area contributed by atoms with Crippen molar-refractivity contribution in [3.05, 3.63) is 66.2 Å². The zero-order chi connectivity index (χ0) is 22.7. The van der Waals surface area contributed by atoms with E-state index in [1.165, 1.54) is 47.8 Å². The number of anilines is 1. The molecule has 3 aromatic rings. The van der Waals surface area contributed by atoms with Crippen molar-refractivity contribution >= 4 is 21.6 Å². The first kappa shape index (κ1) is 22.0. The van der Waals surface area contributed by atoms with Crippen LogP contribution in [0.4, 0.5) is 10.1 Å². The maximum atomic E-state index is 14.0. The van der Waals surface area contributed by atoms with Gasteiger partial charge >= 0.3 is 0 Å². The van der Waals surface area contributed by atoms with Crippen LogP contribution in [0.3, 0.4) is 0 Å². The summed E-state index contributed by atoms with van der Waals surface area (Å²) in [5.41, 5.74) is 0.387. The van der Waals surface area contributed by atoms with Crippen LogP contribution in [0.2, 0.25) is 0 Å². The first-order chi connectivity index (χ1) is 15.4.